The Kier molecular flexibility index (Phi) is 6.27. The van der Waals surface area contributed by atoms with E-state index in [1.807, 2.05) is 19.0 Å². The number of benzene rings is 2. The van der Waals surface area contributed by atoms with Crippen molar-refractivity contribution < 1.29 is 22.0 Å². The molecule has 2 N–H and O–H groups in total. The number of nitrogens with one attached hydrogen (secondary N) is 2. The Balaban J connectivity index is 2.16. The van der Waals surface area contributed by atoms with Gasteiger partial charge in [0, 0.05) is 24.7 Å². The molecule has 2 aromatic carbocycles. The molecule has 0 saturated heterocycles. The summed E-state index contributed by atoms with van der Waals surface area (Å²) in [6, 6.07) is 8.11. The van der Waals surface area contributed by atoms with Crippen LogP contribution in [0.25, 0.3) is 0 Å². The summed E-state index contributed by atoms with van der Waals surface area (Å²) in [7, 11) is -0.331. The fraction of sp³-hybridized carbons (Fsp3) is 0.235. The average Bonchev–Trinajstić information content (AvgIpc) is 2.57. The second-order valence-corrected chi connectivity index (χ2v) is 7.50. The predicted octanol–water partition coefficient (Wildman–Crippen LogP) is 2.06. The number of carbonyl (C=O) groups excluding carboxylic acids is 1. The van der Waals surface area contributed by atoms with Gasteiger partial charge in [0.25, 0.3) is 15.9 Å². The average molecular weight is 383 g/mol. The zero-order valence-electron chi connectivity index (χ0n) is 14.3. The number of likely N-dealkylation sites (N-methyl/N-ethyl adjacent to an activating group) is 1. The molecule has 2 aromatic rings. The Morgan fingerprint density at radius 2 is 1.81 bits per heavy atom. The van der Waals surface area contributed by atoms with Crippen LogP contribution in [-0.4, -0.2) is 46.4 Å². The summed E-state index contributed by atoms with van der Waals surface area (Å²) in [5.41, 5.74) is 0.0571. The number of nitrogens with zero attached hydrogens (tertiary/aromatic N) is 1. The topological polar surface area (TPSA) is 78.5 Å². The molecule has 0 aliphatic rings. The molecule has 0 saturated carbocycles. The van der Waals surface area contributed by atoms with E-state index in [0.29, 0.717) is 13.1 Å². The standard InChI is InChI=1S/C17H19F2N3O3S/c1-22(2)9-8-20-17(23)12-4-3-5-14(10-12)26(24,25)21-13-6-7-15(18)16(19)11-13/h3-7,10-11,21H,8-9H2,1-2H3,(H,20,23). The minimum Gasteiger partial charge on any atom is -0.351 e. The zero-order chi connectivity index (χ0) is 19.3. The van der Waals surface area contributed by atoms with Crippen LogP contribution in [0, 0.1) is 11.6 Å². The molecule has 0 aromatic heterocycles. The summed E-state index contributed by atoms with van der Waals surface area (Å²) in [5, 5.41) is 2.69. The quantitative estimate of drug-likeness (QED) is 0.767. The lowest BCUT2D eigenvalue weighted by Crippen LogP contribution is -2.31. The number of sulfonamides is 1. The Labute approximate surface area is 150 Å². The maximum atomic E-state index is 13.2. The van der Waals surface area contributed by atoms with Crippen LogP contribution in [0.3, 0.4) is 0 Å². The van der Waals surface area contributed by atoms with Crippen LogP contribution >= 0.6 is 0 Å². The number of carbonyl (C=O) groups is 1. The van der Waals surface area contributed by atoms with E-state index in [1.54, 1.807) is 0 Å². The van der Waals surface area contributed by atoms with Crippen LogP contribution in [0.15, 0.2) is 47.4 Å². The van der Waals surface area contributed by atoms with Crippen molar-refractivity contribution in [3.05, 3.63) is 59.7 Å². The van der Waals surface area contributed by atoms with E-state index in [9.17, 15) is 22.0 Å². The van der Waals surface area contributed by atoms with E-state index < -0.39 is 27.6 Å². The van der Waals surface area contributed by atoms with Crippen molar-refractivity contribution in [2.75, 3.05) is 31.9 Å². The van der Waals surface area contributed by atoms with Crippen molar-refractivity contribution in [2.24, 2.45) is 0 Å². The number of amides is 1. The van der Waals surface area contributed by atoms with E-state index in [-0.39, 0.29) is 16.1 Å². The van der Waals surface area contributed by atoms with Crippen LogP contribution in [-0.2, 0) is 10.0 Å². The second-order valence-electron chi connectivity index (χ2n) is 5.82. The smallest absolute Gasteiger partial charge is 0.261 e. The molecule has 9 heteroatoms. The van der Waals surface area contributed by atoms with Gasteiger partial charge in [-0.3, -0.25) is 9.52 Å². The van der Waals surface area contributed by atoms with Crippen molar-refractivity contribution in [1.29, 1.82) is 0 Å². The van der Waals surface area contributed by atoms with Gasteiger partial charge in [0.2, 0.25) is 0 Å². The van der Waals surface area contributed by atoms with Crippen molar-refractivity contribution in [3.8, 4) is 0 Å². The van der Waals surface area contributed by atoms with E-state index in [2.05, 4.69) is 10.0 Å². The molecule has 0 spiro atoms. The fourth-order valence-corrected chi connectivity index (χ4v) is 3.17. The molecule has 1 amide bonds. The Morgan fingerprint density at radius 1 is 1.08 bits per heavy atom. The Bertz CT molecular complexity index is 902. The highest BCUT2D eigenvalue weighted by atomic mass is 32.2. The van der Waals surface area contributed by atoms with Crippen molar-refractivity contribution in [3.63, 3.8) is 0 Å². The van der Waals surface area contributed by atoms with E-state index in [0.717, 1.165) is 18.2 Å². The summed E-state index contributed by atoms with van der Waals surface area (Å²) in [4.78, 5) is 13.8. The zero-order valence-corrected chi connectivity index (χ0v) is 15.1. The highest BCUT2D eigenvalue weighted by Gasteiger charge is 2.17. The normalized spacial score (nSPS) is 11.4. The van der Waals surface area contributed by atoms with Crippen LogP contribution in [0.2, 0.25) is 0 Å². The summed E-state index contributed by atoms with van der Waals surface area (Å²) < 4.78 is 53.2. The number of hydrogen-bond acceptors (Lipinski definition) is 4. The lowest BCUT2D eigenvalue weighted by molar-refractivity contribution is 0.0951. The lowest BCUT2D eigenvalue weighted by Gasteiger charge is -2.12. The number of rotatable bonds is 7. The van der Waals surface area contributed by atoms with Crippen molar-refractivity contribution in [1.82, 2.24) is 10.2 Å². The summed E-state index contributed by atoms with van der Waals surface area (Å²) in [6.45, 7) is 1.05. The van der Waals surface area contributed by atoms with Gasteiger partial charge in [0.05, 0.1) is 10.6 Å². The van der Waals surface area contributed by atoms with E-state index >= 15 is 0 Å². The molecule has 0 atom stereocenters. The maximum Gasteiger partial charge on any atom is 0.261 e. The first-order chi connectivity index (χ1) is 12.2. The van der Waals surface area contributed by atoms with Gasteiger partial charge in [-0.15, -0.1) is 0 Å². The van der Waals surface area contributed by atoms with Gasteiger partial charge in [-0.05, 0) is 44.4 Å². The molecule has 0 aliphatic heterocycles. The largest absolute Gasteiger partial charge is 0.351 e. The van der Waals surface area contributed by atoms with Crippen LogP contribution in [0.4, 0.5) is 14.5 Å². The summed E-state index contributed by atoms with van der Waals surface area (Å²) >= 11 is 0. The van der Waals surface area contributed by atoms with Gasteiger partial charge in [-0.1, -0.05) is 6.07 Å². The first kappa shape index (κ1) is 19.8. The lowest BCUT2D eigenvalue weighted by atomic mass is 10.2. The van der Waals surface area contributed by atoms with Gasteiger partial charge in [-0.2, -0.15) is 0 Å². The molecule has 0 radical (unpaired) electrons. The molecule has 0 fully saturated rings. The number of halogens is 2. The Hall–Kier alpha value is -2.52. The molecule has 0 bridgehead atoms. The fourth-order valence-electron chi connectivity index (χ4n) is 2.07. The third kappa shape index (κ3) is 5.24. The van der Waals surface area contributed by atoms with Gasteiger partial charge >= 0.3 is 0 Å². The highest BCUT2D eigenvalue weighted by molar-refractivity contribution is 7.92. The minimum absolute atomic E-state index is 0.121. The third-order valence-electron chi connectivity index (χ3n) is 3.42. The van der Waals surface area contributed by atoms with Crippen molar-refractivity contribution >= 4 is 21.6 Å². The second kappa shape index (κ2) is 8.24. The third-order valence-corrected chi connectivity index (χ3v) is 4.80. The molecule has 140 valence electrons. The molecule has 0 heterocycles. The van der Waals surface area contributed by atoms with Crippen molar-refractivity contribution in [2.45, 2.75) is 4.90 Å². The number of hydrogen-bond donors (Lipinski definition) is 2. The SMILES string of the molecule is CN(C)CCNC(=O)c1cccc(S(=O)(=O)Nc2ccc(F)c(F)c2)c1. The number of anilines is 1. The molecule has 6 nitrogen and oxygen atoms in total. The van der Waals surface area contributed by atoms with Crippen LogP contribution in [0.5, 0.6) is 0 Å². The molecule has 2 rings (SSSR count). The van der Waals surface area contributed by atoms with Gasteiger partial charge < -0.3 is 10.2 Å². The molecule has 26 heavy (non-hydrogen) atoms. The van der Waals surface area contributed by atoms with Gasteiger partial charge in [0.15, 0.2) is 11.6 Å². The van der Waals surface area contributed by atoms with Crippen LogP contribution < -0.4 is 10.0 Å². The minimum atomic E-state index is -4.06. The summed E-state index contributed by atoms with van der Waals surface area (Å²) in [6.07, 6.45) is 0. The van der Waals surface area contributed by atoms with Crippen LogP contribution in [0.1, 0.15) is 10.4 Å². The van der Waals surface area contributed by atoms with Gasteiger partial charge in [0.1, 0.15) is 0 Å². The first-order valence-corrected chi connectivity index (χ1v) is 9.18. The van der Waals surface area contributed by atoms with E-state index in [4.69, 9.17) is 0 Å². The monoisotopic (exact) mass is 383 g/mol. The molecular formula is C17H19F2N3O3S. The molecule has 0 aliphatic carbocycles. The summed E-state index contributed by atoms with van der Waals surface area (Å²) in [5.74, 6) is -2.65. The van der Waals surface area contributed by atoms with Gasteiger partial charge in [-0.25, -0.2) is 17.2 Å². The molecule has 0 unspecified atom stereocenters. The maximum absolute atomic E-state index is 13.2. The molecular weight excluding hydrogens is 364 g/mol. The predicted molar refractivity (Wildman–Crippen MR) is 94.5 cm³/mol. The Morgan fingerprint density at radius 3 is 2.46 bits per heavy atom. The highest BCUT2D eigenvalue weighted by Crippen LogP contribution is 2.19. The van der Waals surface area contributed by atoms with E-state index in [1.165, 1.54) is 24.3 Å². The first-order valence-electron chi connectivity index (χ1n) is 7.70.